The molecule has 5 heteroatoms. The molecule has 0 unspecified atom stereocenters. The molecule has 0 heterocycles. The summed E-state index contributed by atoms with van der Waals surface area (Å²) >= 11 is 0. The van der Waals surface area contributed by atoms with Gasteiger partial charge in [-0.25, -0.2) is 0 Å². The highest BCUT2D eigenvalue weighted by Gasteiger charge is 2.15. The quantitative estimate of drug-likeness (QED) is 0.631. The summed E-state index contributed by atoms with van der Waals surface area (Å²) in [5.74, 6) is -0.265. The number of aryl methyl sites for hydroxylation is 2. The molecule has 0 saturated heterocycles. The third-order valence-corrected chi connectivity index (χ3v) is 3.81. The first kappa shape index (κ1) is 20.2. The molecule has 0 atom stereocenters. The van der Waals surface area contributed by atoms with Crippen LogP contribution in [0.5, 0.6) is 0 Å². The molecule has 0 bridgehead atoms. The summed E-state index contributed by atoms with van der Waals surface area (Å²) < 4.78 is 4.90. The van der Waals surface area contributed by atoms with E-state index in [1.54, 1.807) is 11.8 Å². The molecule has 0 fully saturated rings. The van der Waals surface area contributed by atoms with Crippen molar-refractivity contribution in [3.63, 3.8) is 0 Å². The number of aliphatic hydroxyl groups is 1. The Hall–Kier alpha value is -1.88. The number of nitrogens with zero attached hydrogens (tertiary/aromatic N) is 1. The van der Waals surface area contributed by atoms with Gasteiger partial charge in [0.1, 0.15) is 0 Å². The molecule has 0 saturated carbocycles. The monoisotopic (exact) mass is 335 g/mol. The topological polar surface area (TPSA) is 66.8 Å². The molecule has 0 aliphatic rings. The zero-order valence-corrected chi connectivity index (χ0v) is 14.8. The second-order valence-corrected chi connectivity index (χ2v) is 5.85. The van der Waals surface area contributed by atoms with E-state index >= 15 is 0 Å². The lowest BCUT2D eigenvalue weighted by Crippen LogP contribution is -2.34. The number of carbonyl (C=O) groups is 2. The fourth-order valence-corrected chi connectivity index (χ4v) is 2.44. The minimum Gasteiger partial charge on any atom is -0.466 e. The lowest BCUT2D eigenvalue weighted by atomic mass is 10.1. The Morgan fingerprint density at radius 2 is 1.79 bits per heavy atom. The van der Waals surface area contributed by atoms with Gasteiger partial charge in [-0.15, -0.1) is 0 Å². The van der Waals surface area contributed by atoms with Crippen LogP contribution in [0.2, 0.25) is 0 Å². The Labute approximate surface area is 144 Å². The van der Waals surface area contributed by atoms with E-state index in [9.17, 15) is 9.59 Å². The SMILES string of the molecule is CCOC(=O)CCN(CCCO)C(=O)CCCc1ccc(C)cc1. The van der Waals surface area contributed by atoms with E-state index in [2.05, 4.69) is 31.2 Å². The van der Waals surface area contributed by atoms with Gasteiger partial charge in [0.2, 0.25) is 5.91 Å². The molecule has 134 valence electrons. The van der Waals surface area contributed by atoms with E-state index < -0.39 is 0 Å². The molecule has 1 aromatic carbocycles. The number of aliphatic hydroxyl groups excluding tert-OH is 1. The Balaban J connectivity index is 2.41. The van der Waals surface area contributed by atoms with Crippen LogP contribution in [0.1, 0.15) is 43.7 Å². The molecule has 24 heavy (non-hydrogen) atoms. The minimum absolute atomic E-state index is 0.0276. The van der Waals surface area contributed by atoms with Gasteiger partial charge in [-0.1, -0.05) is 29.8 Å². The fraction of sp³-hybridized carbons (Fsp3) is 0.579. The van der Waals surface area contributed by atoms with Crippen molar-refractivity contribution in [1.82, 2.24) is 4.90 Å². The number of hydrogen-bond acceptors (Lipinski definition) is 4. The largest absolute Gasteiger partial charge is 0.466 e. The summed E-state index contributed by atoms with van der Waals surface area (Å²) in [5.41, 5.74) is 2.45. The molecule has 1 rings (SSSR count). The van der Waals surface area contributed by atoms with Crippen molar-refractivity contribution >= 4 is 11.9 Å². The van der Waals surface area contributed by atoms with Gasteiger partial charge in [0.15, 0.2) is 0 Å². The first-order valence-corrected chi connectivity index (χ1v) is 8.66. The zero-order valence-electron chi connectivity index (χ0n) is 14.8. The van der Waals surface area contributed by atoms with E-state index in [1.807, 2.05) is 0 Å². The van der Waals surface area contributed by atoms with Crippen LogP contribution in [0.4, 0.5) is 0 Å². The summed E-state index contributed by atoms with van der Waals surface area (Å²) in [4.78, 5) is 25.5. The number of ether oxygens (including phenoxy) is 1. The normalized spacial score (nSPS) is 10.5. The maximum absolute atomic E-state index is 12.4. The molecule has 1 amide bonds. The van der Waals surface area contributed by atoms with Gasteiger partial charge in [-0.05, 0) is 38.7 Å². The maximum Gasteiger partial charge on any atom is 0.307 e. The van der Waals surface area contributed by atoms with Crippen LogP contribution in [0.25, 0.3) is 0 Å². The third kappa shape index (κ3) is 8.11. The molecule has 0 spiro atoms. The van der Waals surface area contributed by atoms with Crippen molar-refractivity contribution in [1.29, 1.82) is 0 Å². The minimum atomic E-state index is -0.293. The van der Waals surface area contributed by atoms with Gasteiger partial charge in [-0.3, -0.25) is 9.59 Å². The first-order valence-electron chi connectivity index (χ1n) is 8.66. The molecule has 1 N–H and O–H groups in total. The number of carbonyl (C=O) groups excluding carboxylic acids is 2. The van der Waals surface area contributed by atoms with Crippen molar-refractivity contribution in [3.8, 4) is 0 Å². The Morgan fingerprint density at radius 3 is 2.42 bits per heavy atom. The standard InChI is InChI=1S/C19H29NO4/c1-3-24-19(23)12-14-20(13-5-15-21)18(22)7-4-6-17-10-8-16(2)9-11-17/h8-11,21H,3-7,12-15H2,1-2H3. The average molecular weight is 335 g/mol. The molecular weight excluding hydrogens is 306 g/mol. The molecule has 0 radical (unpaired) electrons. The van der Waals surface area contributed by atoms with Crippen molar-refractivity contribution in [2.45, 2.75) is 46.0 Å². The molecular formula is C19H29NO4. The molecule has 1 aromatic rings. The number of hydrogen-bond donors (Lipinski definition) is 1. The van der Waals surface area contributed by atoms with Crippen LogP contribution in [-0.2, 0) is 20.7 Å². The van der Waals surface area contributed by atoms with E-state index in [0.29, 0.717) is 32.5 Å². The fourth-order valence-electron chi connectivity index (χ4n) is 2.44. The van der Waals surface area contributed by atoms with Crippen LogP contribution in [0.3, 0.4) is 0 Å². The van der Waals surface area contributed by atoms with E-state index in [-0.39, 0.29) is 24.9 Å². The highest BCUT2D eigenvalue weighted by atomic mass is 16.5. The second kappa shape index (κ2) is 11.6. The Bertz CT molecular complexity index is 499. The maximum atomic E-state index is 12.4. The number of rotatable bonds is 11. The second-order valence-electron chi connectivity index (χ2n) is 5.85. The lowest BCUT2D eigenvalue weighted by Gasteiger charge is -2.22. The first-order chi connectivity index (χ1) is 11.6. The van der Waals surface area contributed by atoms with Gasteiger partial charge in [0.05, 0.1) is 13.0 Å². The Morgan fingerprint density at radius 1 is 1.08 bits per heavy atom. The van der Waals surface area contributed by atoms with Gasteiger partial charge >= 0.3 is 5.97 Å². The van der Waals surface area contributed by atoms with Crippen molar-refractivity contribution in [2.24, 2.45) is 0 Å². The van der Waals surface area contributed by atoms with E-state index in [1.165, 1.54) is 11.1 Å². The number of amides is 1. The molecule has 0 aliphatic heterocycles. The predicted octanol–water partition coefficient (Wildman–Crippen LogP) is 2.48. The van der Waals surface area contributed by atoms with Gasteiger partial charge in [-0.2, -0.15) is 0 Å². The molecule has 5 nitrogen and oxygen atoms in total. The van der Waals surface area contributed by atoms with Crippen LogP contribution < -0.4 is 0 Å². The van der Waals surface area contributed by atoms with Gasteiger partial charge in [0, 0.05) is 26.1 Å². The van der Waals surface area contributed by atoms with Gasteiger partial charge < -0.3 is 14.7 Å². The Kier molecular flexibility index (Phi) is 9.77. The lowest BCUT2D eigenvalue weighted by molar-refractivity contribution is -0.144. The third-order valence-electron chi connectivity index (χ3n) is 3.81. The average Bonchev–Trinajstić information content (AvgIpc) is 2.57. The van der Waals surface area contributed by atoms with Gasteiger partial charge in [0.25, 0.3) is 0 Å². The molecule has 0 aliphatic carbocycles. The zero-order chi connectivity index (χ0) is 17.8. The summed E-state index contributed by atoms with van der Waals surface area (Å²) in [6.07, 6.45) is 2.80. The van der Waals surface area contributed by atoms with E-state index in [0.717, 1.165) is 12.8 Å². The number of esters is 1. The summed E-state index contributed by atoms with van der Waals surface area (Å²) in [7, 11) is 0. The highest BCUT2D eigenvalue weighted by molar-refractivity contribution is 5.77. The molecule has 0 aromatic heterocycles. The van der Waals surface area contributed by atoms with Crippen LogP contribution in [0, 0.1) is 6.92 Å². The predicted molar refractivity (Wildman–Crippen MR) is 93.6 cm³/mol. The van der Waals surface area contributed by atoms with Crippen molar-refractivity contribution < 1.29 is 19.4 Å². The van der Waals surface area contributed by atoms with E-state index in [4.69, 9.17) is 9.84 Å². The summed E-state index contributed by atoms with van der Waals surface area (Å²) in [5, 5.41) is 8.98. The van der Waals surface area contributed by atoms with Crippen LogP contribution in [-0.4, -0.2) is 48.2 Å². The van der Waals surface area contributed by atoms with Crippen molar-refractivity contribution in [3.05, 3.63) is 35.4 Å². The summed E-state index contributed by atoms with van der Waals surface area (Å²) in [6.45, 7) is 5.02. The smallest absolute Gasteiger partial charge is 0.307 e. The van der Waals surface area contributed by atoms with Crippen LogP contribution in [0.15, 0.2) is 24.3 Å². The van der Waals surface area contributed by atoms with Crippen LogP contribution >= 0.6 is 0 Å². The summed E-state index contributed by atoms with van der Waals surface area (Å²) in [6, 6.07) is 8.32. The highest BCUT2D eigenvalue weighted by Crippen LogP contribution is 2.09. The van der Waals surface area contributed by atoms with Crippen molar-refractivity contribution in [2.75, 3.05) is 26.3 Å². The number of benzene rings is 1.